The van der Waals surface area contributed by atoms with Gasteiger partial charge in [0.15, 0.2) is 0 Å². The number of rotatable bonds is 10. The van der Waals surface area contributed by atoms with Crippen LogP contribution in [0.5, 0.6) is 11.5 Å². The minimum atomic E-state index is 0.305. The van der Waals surface area contributed by atoms with Gasteiger partial charge in [0.05, 0.1) is 16.7 Å². The largest absolute Gasteiger partial charge is 0.507 e. The predicted molar refractivity (Wildman–Crippen MR) is 205 cm³/mol. The molecule has 5 nitrogen and oxygen atoms in total. The number of likely N-dealkylation sites (N-methyl/N-ethyl adjacent to an activating group) is 1. The molecule has 7 rings (SSSR count). The van der Waals surface area contributed by atoms with Crippen LogP contribution < -0.4 is 0 Å². The van der Waals surface area contributed by atoms with Gasteiger partial charge in [0.2, 0.25) is 0 Å². The molecule has 0 unspecified atom stereocenters. The Kier molecular flexibility index (Phi) is 8.89. The molecule has 0 saturated carbocycles. The second-order valence-corrected chi connectivity index (χ2v) is 13.8. The fourth-order valence-corrected chi connectivity index (χ4v) is 7.41. The summed E-state index contributed by atoms with van der Waals surface area (Å²) in [6.07, 6.45) is 0.685. The Morgan fingerprint density at radius 2 is 1.20 bits per heavy atom. The number of phenolic OH excluding ortho intramolecular Hbond substituents is 2. The molecule has 0 amide bonds. The molecule has 0 bridgehead atoms. The van der Waals surface area contributed by atoms with Gasteiger partial charge in [0, 0.05) is 48.1 Å². The van der Waals surface area contributed by atoms with Crippen LogP contribution in [0.3, 0.4) is 0 Å². The van der Waals surface area contributed by atoms with Crippen molar-refractivity contribution in [2.24, 2.45) is 0 Å². The number of fused-ring (bicyclic) bond motifs is 4. The van der Waals surface area contributed by atoms with E-state index in [2.05, 4.69) is 158 Å². The average molecular weight is 648 g/mol. The van der Waals surface area contributed by atoms with E-state index in [0.29, 0.717) is 24.5 Å². The number of benzene rings is 6. The van der Waals surface area contributed by atoms with Crippen molar-refractivity contribution in [3.8, 4) is 28.3 Å². The summed E-state index contributed by atoms with van der Waals surface area (Å²) in [6.45, 7) is 9.36. The molecule has 2 N–H and O–H groups in total. The molecule has 7 aromatic rings. The second kappa shape index (κ2) is 13.4. The summed E-state index contributed by atoms with van der Waals surface area (Å²) in [7, 11) is 4.18. The van der Waals surface area contributed by atoms with Crippen molar-refractivity contribution >= 4 is 32.6 Å². The number of para-hydroxylation sites is 2. The molecule has 49 heavy (non-hydrogen) atoms. The third-order valence-electron chi connectivity index (χ3n) is 9.83. The van der Waals surface area contributed by atoms with E-state index < -0.39 is 0 Å². The van der Waals surface area contributed by atoms with Crippen LogP contribution in [-0.4, -0.2) is 58.3 Å². The quantitative estimate of drug-likeness (QED) is 0.155. The third kappa shape index (κ3) is 6.28. The molecule has 5 heteroatoms. The SMILES string of the molecule is Cc1cc(CCN(CCN(C)C)Cc2cc(C)cc(-n3c4ccccc4c4ccccc43)c2O)c(O)c(-c2c(C)ccc3ccccc23)c1. The Labute approximate surface area is 289 Å². The van der Waals surface area contributed by atoms with E-state index >= 15 is 0 Å². The first-order valence-electron chi connectivity index (χ1n) is 17.2. The van der Waals surface area contributed by atoms with Gasteiger partial charge < -0.3 is 19.7 Å². The Hall–Kier alpha value is -5.10. The Morgan fingerprint density at radius 3 is 1.90 bits per heavy atom. The van der Waals surface area contributed by atoms with E-state index in [9.17, 15) is 10.2 Å². The minimum absolute atomic E-state index is 0.305. The van der Waals surface area contributed by atoms with Gasteiger partial charge in [-0.2, -0.15) is 0 Å². The number of hydrogen-bond acceptors (Lipinski definition) is 4. The molecule has 0 aliphatic carbocycles. The minimum Gasteiger partial charge on any atom is -0.507 e. The molecule has 1 aromatic heterocycles. The fourth-order valence-electron chi connectivity index (χ4n) is 7.41. The van der Waals surface area contributed by atoms with E-state index in [1.54, 1.807) is 0 Å². The molecule has 0 atom stereocenters. The summed E-state index contributed by atoms with van der Waals surface area (Å²) in [5.74, 6) is 0.656. The van der Waals surface area contributed by atoms with Crippen molar-refractivity contribution in [1.29, 1.82) is 0 Å². The fraction of sp³-hybridized carbons (Fsp3) is 0.227. The molecule has 248 valence electrons. The normalized spacial score (nSPS) is 11.9. The van der Waals surface area contributed by atoms with Gasteiger partial charge in [-0.25, -0.2) is 0 Å². The maximum absolute atomic E-state index is 12.0. The zero-order chi connectivity index (χ0) is 34.2. The van der Waals surface area contributed by atoms with Crippen LogP contribution in [-0.2, 0) is 13.0 Å². The van der Waals surface area contributed by atoms with Gasteiger partial charge in [0.1, 0.15) is 11.5 Å². The average Bonchev–Trinajstić information content (AvgIpc) is 3.43. The van der Waals surface area contributed by atoms with Crippen LogP contribution in [0.2, 0.25) is 0 Å². The summed E-state index contributed by atoms with van der Waals surface area (Å²) in [5, 5.41) is 28.4. The number of aryl methyl sites for hydroxylation is 3. The van der Waals surface area contributed by atoms with Gasteiger partial charge in [-0.15, -0.1) is 0 Å². The zero-order valence-corrected chi connectivity index (χ0v) is 29.2. The Bertz CT molecular complexity index is 2260. The van der Waals surface area contributed by atoms with E-state index in [1.165, 1.54) is 16.2 Å². The maximum atomic E-state index is 12.0. The van der Waals surface area contributed by atoms with E-state index in [0.717, 1.165) is 80.7 Å². The lowest BCUT2D eigenvalue weighted by molar-refractivity contribution is 0.233. The van der Waals surface area contributed by atoms with Crippen molar-refractivity contribution in [1.82, 2.24) is 14.4 Å². The van der Waals surface area contributed by atoms with Crippen molar-refractivity contribution in [2.45, 2.75) is 33.7 Å². The van der Waals surface area contributed by atoms with Gasteiger partial charge in [0.25, 0.3) is 0 Å². The first kappa shape index (κ1) is 32.4. The number of aromatic hydroxyl groups is 2. The van der Waals surface area contributed by atoms with Gasteiger partial charge in [-0.1, -0.05) is 84.9 Å². The summed E-state index contributed by atoms with van der Waals surface area (Å²) in [5.41, 5.74) is 10.1. The third-order valence-corrected chi connectivity index (χ3v) is 9.83. The standard InChI is InChI=1S/C44H45N3O2/c1-29-24-33(43(48)38(26-29)42-31(3)18-19-32-12-6-7-13-35(32)42)20-21-46(23-22-45(4)5)28-34-25-30(2)27-41(44(34)49)47-39-16-10-8-14-36(39)37-15-9-11-17-40(37)47/h6-19,24-27,48-49H,20-23,28H2,1-5H3. The molecule has 0 fully saturated rings. The molecule has 0 spiro atoms. The lowest BCUT2D eigenvalue weighted by Gasteiger charge is -2.26. The molecular weight excluding hydrogens is 603 g/mol. The topological polar surface area (TPSA) is 51.9 Å². The van der Waals surface area contributed by atoms with Crippen LogP contribution in [0.15, 0.2) is 109 Å². The smallest absolute Gasteiger partial charge is 0.144 e. The molecule has 6 aromatic carbocycles. The molecule has 1 heterocycles. The van der Waals surface area contributed by atoms with Crippen molar-refractivity contribution in [2.75, 3.05) is 33.7 Å². The maximum Gasteiger partial charge on any atom is 0.144 e. The second-order valence-electron chi connectivity index (χ2n) is 13.8. The molecule has 0 saturated heterocycles. The van der Waals surface area contributed by atoms with Crippen molar-refractivity contribution in [3.05, 3.63) is 137 Å². The van der Waals surface area contributed by atoms with E-state index in [1.807, 2.05) is 0 Å². The van der Waals surface area contributed by atoms with Crippen molar-refractivity contribution < 1.29 is 10.2 Å². The van der Waals surface area contributed by atoms with Crippen LogP contribution >= 0.6 is 0 Å². The highest BCUT2D eigenvalue weighted by molar-refractivity contribution is 6.09. The van der Waals surface area contributed by atoms with E-state index in [4.69, 9.17) is 0 Å². The highest BCUT2D eigenvalue weighted by atomic mass is 16.3. The van der Waals surface area contributed by atoms with Gasteiger partial charge in [-0.3, -0.25) is 4.90 Å². The van der Waals surface area contributed by atoms with Crippen LogP contribution in [0.25, 0.3) is 49.4 Å². The summed E-state index contributed by atoms with van der Waals surface area (Å²) >= 11 is 0. The number of aromatic nitrogens is 1. The highest BCUT2D eigenvalue weighted by Gasteiger charge is 2.20. The van der Waals surface area contributed by atoms with Gasteiger partial charge >= 0.3 is 0 Å². The number of nitrogens with zero attached hydrogens (tertiary/aromatic N) is 3. The first-order valence-corrected chi connectivity index (χ1v) is 17.2. The predicted octanol–water partition coefficient (Wildman–Crippen LogP) is 9.55. The lowest BCUT2D eigenvalue weighted by Crippen LogP contribution is -2.33. The number of hydrogen-bond donors (Lipinski definition) is 2. The van der Waals surface area contributed by atoms with Crippen molar-refractivity contribution in [3.63, 3.8) is 0 Å². The monoisotopic (exact) mass is 647 g/mol. The Morgan fingerprint density at radius 1 is 0.592 bits per heavy atom. The summed E-state index contributed by atoms with van der Waals surface area (Å²) < 4.78 is 2.20. The summed E-state index contributed by atoms with van der Waals surface area (Å²) in [6, 6.07) is 37.9. The van der Waals surface area contributed by atoms with Crippen LogP contribution in [0.1, 0.15) is 27.8 Å². The van der Waals surface area contributed by atoms with E-state index in [-0.39, 0.29) is 0 Å². The Balaban J connectivity index is 1.24. The van der Waals surface area contributed by atoms with Gasteiger partial charge in [-0.05, 0) is 104 Å². The molecule has 0 aliphatic rings. The molecular formula is C44H45N3O2. The zero-order valence-electron chi connectivity index (χ0n) is 29.2. The van der Waals surface area contributed by atoms with Crippen LogP contribution in [0.4, 0.5) is 0 Å². The van der Waals surface area contributed by atoms with Crippen LogP contribution in [0, 0.1) is 20.8 Å². The highest BCUT2D eigenvalue weighted by Crippen LogP contribution is 2.41. The number of phenols is 2. The molecule has 0 radical (unpaired) electrons. The first-order chi connectivity index (χ1) is 23.7. The summed E-state index contributed by atoms with van der Waals surface area (Å²) in [4.78, 5) is 4.59. The molecule has 0 aliphatic heterocycles. The lowest BCUT2D eigenvalue weighted by atomic mass is 9.90.